The van der Waals surface area contributed by atoms with Gasteiger partial charge in [-0.1, -0.05) is 116 Å². The Kier molecular flexibility index (Phi) is 24.0. The first kappa shape index (κ1) is 88.1. The highest BCUT2D eigenvalue weighted by Gasteiger charge is 2.44. The molecule has 6 aliphatic rings. The van der Waals surface area contributed by atoms with Crippen molar-refractivity contribution >= 4 is 79.3 Å². The number of phenolic OH excluding ortho intramolecular Hbond substituents is 3. The van der Waals surface area contributed by atoms with Crippen LogP contribution in [0.15, 0.2) is 162 Å². The van der Waals surface area contributed by atoms with Crippen molar-refractivity contribution in [3.63, 3.8) is 0 Å². The van der Waals surface area contributed by atoms with Gasteiger partial charge in [-0.2, -0.15) is 15.0 Å². The zero-order valence-corrected chi connectivity index (χ0v) is 72.7. The molecular weight excluding hydrogens is 1670 g/mol. The zero-order chi connectivity index (χ0) is 91.9. The van der Waals surface area contributed by atoms with Crippen LogP contribution >= 0.6 is 0 Å². The number of carbonyl (C=O) groups is 3. The molecule has 4 N–H and O–H groups in total. The minimum atomic E-state index is -1.04. The van der Waals surface area contributed by atoms with E-state index in [2.05, 4.69) is 55.0 Å². The number of piperazine rings is 3. The summed E-state index contributed by atoms with van der Waals surface area (Å²) in [6, 6.07) is 21.9. The molecule has 12 heterocycles. The van der Waals surface area contributed by atoms with Crippen LogP contribution in [0.25, 0.3) is 83.2 Å². The molecule has 0 saturated carbocycles. The van der Waals surface area contributed by atoms with Crippen LogP contribution in [0.3, 0.4) is 0 Å². The van der Waals surface area contributed by atoms with Gasteiger partial charge in [0.05, 0.1) is 97.1 Å². The van der Waals surface area contributed by atoms with E-state index in [4.69, 9.17) is 4.74 Å². The second-order valence-electron chi connectivity index (χ2n) is 33.7. The minimum absolute atomic E-state index is 0.0000673. The molecule has 3 unspecified atom stereocenters. The largest absolute Gasteiger partial charge is 0.507 e. The molecule has 6 aromatic carbocycles. The molecular formula is C96H95F6N17O10. The smallest absolute Gasteiger partial charge is 0.354 e. The highest BCUT2D eigenvalue weighted by molar-refractivity contribution is 6.08. The number of aromatic nitrogens is 9. The molecule has 6 aliphatic heterocycles. The van der Waals surface area contributed by atoms with Gasteiger partial charge in [-0.05, 0) is 116 Å². The van der Waals surface area contributed by atoms with Crippen LogP contribution in [0.5, 0.6) is 23.0 Å². The second kappa shape index (κ2) is 35.1. The van der Waals surface area contributed by atoms with Gasteiger partial charge in [-0.25, -0.2) is 40.7 Å². The van der Waals surface area contributed by atoms with Crippen LogP contribution in [0.2, 0.25) is 0 Å². The number of phenols is 3. The Hall–Kier alpha value is -14.4. The Morgan fingerprint density at radius 2 is 0.791 bits per heavy atom. The summed E-state index contributed by atoms with van der Waals surface area (Å²) in [6.45, 7) is 31.0. The van der Waals surface area contributed by atoms with Gasteiger partial charge >= 0.3 is 17.1 Å². The lowest BCUT2D eigenvalue weighted by Gasteiger charge is -2.43. The Morgan fingerprint density at radius 1 is 0.442 bits per heavy atom. The van der Waals surface area contributed by atoms with Crippen molar-refractivity contribution < 1.29 is 60.8 Å². The molecule has 12 aromatic rings. The number of carbonyl (C=O) groups excluding carboxylic acids is 3. The molecule has 3 fully saturated rings. The number of nitrogens with one attached hydrogen (secondary N) is 1. The summed E-state index contributed by atoms with van der Waals surface area (Å²) >= 11 is 0. The van der Waals surface area contributed by atoms with Crippen molar-refractivity contribution in [3.8, 4) is 73.4 Å². The van der Waals surface area contributed by atoms with Crippen molar-refractivity contribution in [1.82, 2.24) is 58.3 Å². The standard InChI is InChI=1S/2C32H32F2N6O3.C32H31F2N5O4/c1-6-22(42)38-13-14-39-19(16-38)15-37(5)29-24-30(26(34)23(25(29)33)20-9-7-8-10-21(20)41)40(32(43)36-31(24)39)28-18(4)11-12-35-27(28)17(2)3;1-5-22(42)38-14-15-39-19(16-38)11-13-36-28-24-30(26(34)23(25(28)33)20-8-6-7-9-21(20)41)40(32(43)37-31(24)39)29-18(4)10-12-35-27(29)17(2)3;1-5-22(41)37-13-14-38-19(16-37)11-15-43-30-24-29(25(33)23(26(30)34)20-8-6-7-9-21(20)40)39(32(42)36-31(24)38)28-18(4)10-12-35-27(28)17(2)3/h6-12,17,19,41H,1,13-16H2,2-5H3;5-10,12,17,19,36,41H,1,11,13-16H2,2-4H3;5-10,12,17,19,40H,1,11,13-16H2,2-4H3. The number of nitrogens with zero attached hydrogens (tertiary/aromatic N) is 16. The summed E-state index contributed by atoms with van der Waals surface area (Å²) in [6.07, 6.45) is 9.52. The first-order chi connectivity index (χ1) is 61.8. The van der Waals surface area contributed by atoms with E-state index < -0.39 is 68.7 Å². The number of rotatable bonds is 12. The van der Waals surface area contributed by atoms with Gasteiger partial charge in [0.25, 0.3) is 0 Å². The van der Waals surface area contributed by atoms with E-state index in [9.17, 15) is 44.1 Å². The Balaban J connectivity index is 0.000000142. The zero-order valence-electron chi connectivity index (χ0n) is 72.7. The summed E-state index contributed by atoms with van der Waals surface area (Å²) in [7, 11) is 1.69. The van der Waals surface area contributed by atoms with Crippen LogP contribution in [0.4, 0.5) is 55.2 Å². The first-order valence-corrected chi connectivity index (χ1v) is 42.6. The number of aromatic hydroxyl groups is 3. The number of likely N-dealkylation sites (N-methyl/N-ethyl adjacent to an activating group) is 1. The number of anilines is 5. The molecule has 18 rings (SSSR count). The molecule has 3 saturated heterocycles. The number of aryl methyl sites for hydroxylation is 3. The fourth-order valence-corrected chi connectivity index (χ4v) is 18.8. The molecule has 0 aliphatic carbocycles. The van der Waals surface area contributed by atoms with Gasteiger partial charge < -0.3 is 59.7 Å². The van der Waals surface area contributed by atoms with E-state index >= 15 is 26.3 Å². The average Bonchev–Trinajstić information content (AvgIpc) is 1.51. The van der Waals surface area contributed by atoms with E-state index in [1.165, 1.54) is 63.8 Å². The molecule has 129 heavy (non-hydrogen) atoms. The van der Waals surface area contributed by atoms with Gasteiger partial charge in [0.2, 0.25) is 17.7 Å². The number of ether oxygens (including phenoxy) is 1. The highest BCUT2D eigenvalue weighted by atomic mass is 19.2. The molecule has 27 nitrogen and oxygen atoms in total. The highest BCUT2D eigenvalue weighted by Crippen LogP contribution is 2.52. The van der Waals surface area contributed by atoms with Gasteiger partial charge in [0.15, 0.2) is 40.7 Å². The van der Waals surface area contributed by atoms with Crippen molar-refractivity contribution in [1.29, 1.82) is 0 Å². The van der Waals surface area contributed by atoms with E-state index in [1.807, 2.05) is 56.2 Å². The lowest BCUT2D eigenvalue weighted by molar-refractivity contribution is -0.127. The third-order valence-electron chi connectivity index (χ3n) is 24.9. The minimum Gasteiger partial charge on any atom is -0.507 e. The van der Waals surface area contributed by atoms with E-state index in [-0.39, 0.29) is 181 Å². The number of amides is 3. The SMILES string of the molecule is C=CC(=O)N1CCN2c3nc(=O)n(-c4c(C)ccnc4C(C)C)c4c(F)c(-c5ccccc5O)c(F)c(c34)N(C)CC2C1.C=CC(=O)N1CCN2c3nc(=O)n(-c4c(C)ccnc4C(C)C)c4c(F)c(-c5ccccc5O)c(F)c(c34)NCCC2C1.C=CC(=O)N1CCN2c3nc(=O)n(-c4c(C)ccnc4C(C)C)c4c(F)c(-c5ccccc5O)c(F)c(c34)OCCC2C1. The first-order valence-electron chi connectivity index (χ1n) is 42.6. The van der Waals surface area contributed by atoms with Gasteiger partial charge in [-0.3, -0.25) is 43.0 Å². The molecule has 33 heteroatoms. The van der Waals surface area contributed by atoms with Crippen molar-refractivity contribution in [2.24, 2.45) is 0 Å². The number of hydrogen-bond acceptors (Lipinski definition) is 21. The molecule has 666 valence electrons. The molecule has 6 aromatic heterocycles. The maximum absolute atomic E-state index is 17.1. The van der Waals surface area contributed by atoms with Crippen molar-refractivity contribution in [2.75, 3.05) is 111 Å². The maximum atomic E-state index is 17.1. The van der Waals surface area contributed by atoms with Crippen LogP contribution in [-0.2, 0) is 14.4 Å². The molecule has 0 radical (unpaired) electrons. The molecule has 3 amide bonds. The summed E-state index contributed by atoms with van der Waals surface area (Å²) in [5, 5.41) is 35.4. The number of hydrogen-bond donors (Lipinski definition) is 4. The number of fused-ring (bicyclic) bond motifs is 6. The monoisotopic (exact) mass is 1760 g/mol. The summed E-state index contributed by atoms with van der Waals surface area (Å²) in [4.78, 5) is 119. The van der Waals surface area contributed by atoms with Crippen LogP contribution < -0.4 is 46.7 Å². The van der Waals surface area contributed by atoms with Gasteiger partial charge in [-0.15, -0.1) is 0 Å². The third-order valence-corrected chi connectivity index (χ3v) is 24.9. The van der Waals surface area contributed by atoms with Crippen molar-refractivity contribution in [3.05, 3.63) is 248 Å². The van der Waals surface area contributed by atoms with E-state index in [0.29, 0.717) is 116 Å². The number of para-hydroxylation sites is 3. The Bertz CT molecular complexity index is 6570. The Morgan fingerprint density at radius 3 is 1.19 bits per heavy atom. The fourth-order valence-electron chi connectivity index (χ4n) is 18.8. The van der Waals surface area contributed by atoms with Crippen LogP contribution in [0.1, 0.15) is 106 Å². The lowest BCUT2D eigenvalue weighted by atomic mass is 9.96. The summed E-state index contributed by atoms with van der Waals surface area (Å²) in [5.74, 6) is -7.73. The average molecular weight is 1760 g/mol. The fraction of sp³-hybridized carbons (Fsp3) is 0.312. The van der Waals surface area contributed by atoms with E-state index in [1.54, 1.807) is 121 Å². The third kappa shape index (κ3) is 15.1. The topological polar surface area (TPSA) is 299 Å². The Labute approximate surface area is 737 Å². The maximum Gasteiger partial charge on any atom is 0.354 e. The number of pyridine rings is 3. The lowest BCUT2D eigenvalue weighted by Crippen LogP contribution is -2.57. The van der Waals surface area contributed by atoms with Gasteiger partial charge in [0.1, 0.15) is 51.3 Å². The van der Waals surface area contributed by atoms with Crippen molar-refractivity contribution in [2.45, 2.75) is 111 Å². The molecule has 0 spiro atoms. The quantitative estimate of drug-likeness (QED) is 0.0652. The second-order valence-corrected chi connectivity index (χ2v) is 33.7. The summed E-state index contributed by atoms with van der Waals surface area (Å²) < 4.78 is 111. The molecule has 3 atom stereocenters. The van der Waals surface area contributed by atoms with Crippen LogP contribution in [0, 0.1) is 55.7 Å². The predicted octanol–water partition coefficient (Wildman–Crippen LogP) is 14.2. The summed E-state index contributed by atoms with van der Waals surface area (Å²) in [5.41, 5.74) is 0.380. The number of benzene rings is 6. The normalized spacial score (nSPS) is 16.5. The van der Waals surface area contributed by atoms with Crippen LogP contribution in [-0.4, -0.2) is 195 Å². The predicted molar refractivity (Wildman–Crippen MR) is 483 cm³/mol. The molecule has 0 bridgehead atoms. The van der Waals surface area contributed by atoms with Gasteiger partial charge in [0, 0.05) is 127 Å². The van der Waals surface area contributed by atoms with E-state index in [0.717, 1.165) is 4.57 Å². The number of halogens is 6.